The topological polar surface area (TPSA) is 137 Å². The summed E-state index contributed by atoms with van der Waals surface area (Å²) >= 11 is 6.41. The van der Waals surface area contributed by atoms with Crippen molar-refractivity contribution in [3.63, 3.8) is 0 Å². The third-order valence-corrected chi connectivity index (χ3v) is 6.30. The summed E-state index contributed by atoms with van der Waals surface area (Å²) in [5, 5.41) is 20.7. The molecule has 2 aliphatic heterocycles. The minimum atomic E-state index is -0.350. The van der Waals surface area contributed by atoms with Gasteiger partial charge in [0.2, 0.25) is 11.9 Å². The Balaban J connectivity index is 1.61. The summed E-state index contributed by atoms with van der Waals surface area (Å²) in [6.45, 7) is 8.27. The Morgan fingerprint density at radius 1 is 1.28 bits per heavy atom. The number of nitrogens with one attached hydrogen (secondary N) is 5. The summed E-state index contributed by atoms with van der Waals surface area (Å²) in [6.07, 6.45) is 11.1. The minimum absolute atomic E-state index is 0.233. The highest BCUT2D eigenvalue weighted by Gasteiger charge is 2.17. The molecule has 0 atom stereocenters. The van der Waals surface area contributed by atoms with Crippen LogP contribution in [0.2, 0.25) is 5.02 Å². The van der Waals surface area contributed by atoms with Gasteiger partial charge in [-0.1, -0.05) is 24.3 Å². The van der Waals surface area contributed by atoms with Crippen molar-refractivity contribution in [2.45, 2.75) is 0 Å². The van der Waals surface area contributed by atoms with Crippen LogP contribution in [0.5, 0.6) is 5.75 Å². The maximum atomic E-state index is 12.2. The van der Waals surface area contributed by atoms with Crippen molar-refractivity contribution in [2.75, 3.05) is 62.5 Å². The number of amides is 1. The van der Waals surface area contributed by atoms with Crippen LogP contribution in [0.3, 0.4) is 0 Å². The smallest absolute Gasteiger partial charge is 0.247 e. The lowest BCUT2D eigenvalue weighted by atomic mass is 10.1. The Labute approximate surface area is 232 Å². The number of rotatable bonds is 11. The fraction of sp³-hybridized carbons (Fsp3) is 0.259. The second-order valence-corrected chi connectivity index (χ2v) is 8.93. The molecule has 1 aromatic heterocycles. The molecule has 0 radical (unpaired) electrons. The maximum Gasteiger partial charge on any atom is 0.247 e. The van der Waals surface area contributed by atoms with Gasteiger partial charge in [0.25, 0.3) is 0 Å². The number of hydrogen-bond acceptors (Lipinski definition) is 10. The van der Waals surface area contributed by atoms with E-state index in [1.807, 2.05) is 18.2 Å². The van der Waals surface area contributed by atoms with Crippen LogP contribution in [0.25, 0.3) is 5.57 Å². The molecule has 3 heterocycles. The largest absolute Gasteiger partial charge is 0.494 e. The molecule has 0 aliphatic carbocycles. The number of halogens is 1. The van der Waals surface area contributed by atoms with Crippen LogP contribution in [0.4, 0.5) is 23.0 Å². The van der Waals surface area contributed by atoms with Gasteiger partial charge >= 0.3 is 0 Å². The zero-order valence-electron chi connectivity index (χ0n) is 21.6. The lowest BCUT2D eigenvalue weighted by molar-refractivity contribution is -0.111. The van der Waals surface area contributed by atoms with Gasteiger partial charge in [-0.15, -0.1) is 0 Å². The number of anilines is 4. The van der Waals surface area contributed by atoms with Crippen molar-refractivity contribution in [2.24, 2.45) is 0 Å². The molecule has 12 heteroatoms. The first kappa shape index (κ1) is 27.8. The first-order chi connectivity index (χ1) is 19.0. The normalized spacial score (nSPS) is 16.2. The fourth-order valence-electron chi connectivity index (χ4n) is 4.02. The van der Waals surface area contributed by atoms with Crippen LogP contribution in [0, 0.1) is 5.41 Å². The average molecular weight is 551 g/mol. The lowest BCUT2D eigenvalue weighted by Crippen LogP contribution is -2.39. The van der Waals surface area contributed by atoms with E-state index >= 15 is 0 Å². The molecule has 0 unspecified atom stereocenters. The molecule has 39 heavy (non-hydrogen) atoms. The van der Waals surface area contributed by atoms with E-state index < -0.39 is 0 Å². The molecule has 2 aliphatic rings. The molecule has 1 aromatic carbocycles. The summed E-state index contributed by atoms with van der Waals surface area (Å²) in [5.41, 5.74) is 3.30. The number of benzene rings is 1. The van der Waals surface area contributed by atoms with Gasteiger partial charge in [-0.3, -0.25) is 9.69 Å². The van der Waals surface area contributed by atoms with Crippen LogP contribution in [-0.4, -0.2) is 73.5 Å². The lowest BCUT2D eigenvalue weighted by Gasteiger charge is -2.27. The summed E-state index contributed by atoms with van der Waals surface area (Å²) in [7, 11) is 1.56. The van der Waals surface area contributed by atoms with E-state index in [0.29, 0.717) is 51.3 Å². The number of methoxy groups -OCH3 is 1. The number of nitrogens with zero attached hydrogens (tertiary/aromatic N) is 3. The van der Waals surface area contributed by atoms with Gasteiger partial charge < -0.3 is 36.2 Å². The Kier molecular flexibility index (Phi) is 9.68. The van der Waals surface area contributed by atoms with Crippen LogP contribution in [0.1, 0.15) is 5.69 Å². The van der Waals surface area contributed by atoms with E-state index in [1.54, 1.807) is 25.4 Å². The van der Waals surface area contributed by atoms with Gasteiger partial charge in [0, 0.05) is 55.9 Å². The summed E-state index contributed by atoms with van der Waals surface area (Å²) in [6, 6.07) is 3.53. The third kappa shape index (κ3) is 7.23. The molecule has 1 saturated heterocycles. The van der Waals surface area contributed by atoms with E-state index in [1.165, 1.54) is 18.5 Å². The van der Waals surface area contributed by atoms with Crippen LogP contribution < -0.4 is 26.0 Å². The first-order valence-electron chi connectivity index (χ1n) is 12.4. The molecule has 11 nitrogen and oxygen atoms in total. The van der Waals surface area contributed by atoms with E-state index in [4.69, 9.17) is 26.5 Å². The average Bonchev–Trinajstić information content (AvgIpc) is 2.97. The molecule has 4 rings (SSSR count). The number of dihydropyridines is 1. The van der Waals surface area contributed by atoms with Gasteiger partial charge in [0.1, 0.15) is 5.75 Å². The molecular formula is C27H31ClN8O3. The van der Waals surface area contributed by atoms with Gasteiger partial charge in [-0.25, -0.2) is 9.97 Å². The predicted molar refractivity (Wildman–Crippen MR) is 155 cm³/mol. The number of carbonyl (C=O) groups is 1. The Morgan fingerprint density at radius 2 is 2.10 bits per heavy atom. The molecule has 0 bridgehead atoms. The highest BCUT2D eigenvalue weighted by atomic mass is 35.5. The highest BCUT2D eigenvalue weighted by molar-refractivity contribution is 6.33. The van der Waals surface area contributed by atoms with E-state index in [0.717, 1.165) is 32.8 Å². The van der Waals surface area contributed by atoms with Gasteiger partial charge in [0.15, 0.2) is 0 Å². The number of ether oxygens (including phenoxy) is 2. The van der Waals surface area contributed by atoms with Gasteiger partial charge in [0.05, 0.1) is 54.3 Å². The zero-order valence-corrected chi connectivity index (χ0v) is 22.3. The fourth-order valence-corrected chi connectivity index (χ4v) is 4.22. The number of aromatic nitrogens is 2. The van der Waals surface area contributed by atoms with Crippen molar-refractivity contribution in [3.05, 3.63) is 71.8 Å². The van der Waals surface area contributed by atoms with Gasteiger partial charge in [-0.05, 0) is 24.3 Å². The van der Waals surface area contributed by atoms with Crippen molar-refractivity contribution < 1.29 is 14.3 Å². The second-order valence-electron chi connectivity index (χ2n) is 8.52. The first-order valence-corrected chi connectivity index (χ1v) is 12.7. The monoisotopic (exact) mass is 550 g/mol. The zero-order chi connectivity index (χ0) is 27.6. The Bertz CT molecular complexity index is 1320. The minimum Gasteiger partial charge on any atom is -0.494 e. The summed E-state index contributed by atoms with van der Waals surface area (Å²) < 4.78 is 11.1. The van der Waals surface area contributed by atoms with Gasteiger partial charge in [-0.2, -0.15) is 0 Å². The number of allylic oxidation sites excluding steroid dienone is 4. The number of carbonyl (C=O) groups excluding carboxylic acids is 1. The molecule has 2 aromatic rings. The Morgan fingerprint density at radius 3 is 2.79 bits per heavy atom. The number of hydrogen-bond donors (Lipinski definition) is 5. The predicted octanol–water partition coefficient (Wildman–Crippen LogP) is 3.78. The molecule has 204 valence electrons. The van der Waals surface area contributed by atoms with Crippen molar-refractivity contribution >= 4 is 52.3 Å². The third-order valence-electron chi connectivity index (χ3n) is 6.02. The highest BCUT2D eigenvalue weighted by Crippen LogP contribution is 2.36. The van der Waals surface area contributed by atoms with Crippen molar-refractivity contribution in [1.29, 1.82) is 5.41 Å². The van der Waals surface area contributed by atoms with E-state index in [9.17, 15) is 4.79 Å². The molecule has 5 N–H and O–H groups in total. The van der Waals surface area contributed by atoms with E-state index in [2.05, 4.69) is 42.7 Å². The van der Waals surface area contributed by atoms with Crippen LogP contribution in [0.15, 0.2) is 61.1 Å². The van der Waals surface area contributed by atoms with E-state index in [-0.39, 0.29) is 11.9 Å². The maximum absolute atomic E-state index is 12.2. The molecule has 1 amide bonds. The van der Waals surface area contributed by atoms with Crippen molar-refractivity contribution in [1.82, 2.24) is 20.2 Å². The molecule has 0 spiro atoms. The second kappa shape index (κ2) is 13.6. The summed E-state index contributed by atoms with van der Waals surface area (Å²) in [4.78, 5) is 23.4. The van der Waals surface area contributed by atoms with Crippen LogP contribution >= 0.6 is 11.6 Å². The number of morpholine rings is 1. The quantitative estimate of drug-likeness (QED) is 0.209. The molecule has 0 saturated carbocycles. The SMILES string of the molecule is C=CC(=O)Nc1cc(Nc2ncc(Cl)c(/C(C=N)=C3\C=CC=CN3)n2)c(OC)cc1NCCN1CCOCC1. The van der Waals surface area contributed by atoms with Crippen molar-refractivity contribution in [3.8, 4) is 5.75 Å². The molecular weight excluding hydrogens is 520 g/mol. The molecule has 1 fully saturated rings. The van der Waals surface area contributed by atoms with Crippen LogP contribution in [-0.2, 0) is 9.53 Å². The standard InChI is InChI=1S/C27H31ClN8O3/c1-3-25(37)33-22-14-23(24(38-2)15-21(22)31-8-9-36-10-12-39-13-11-36)34-27-32-17-19(28)26(35-27)18(16-29)20-6-4-5-7-30-20/h3-7,14-17,29-31H,1,8-13H2,2H3,(H,33,37)(H,32,34,35)/b20-18+,29-16?. The Hall–Kier alpha value is -4.19. The summed E-state index contributed by atoms with van der Waals surface area (Å²) in [5.74, 6) is 0.391.